The highest BCUT2D eigenvalue weighted by Gasteiger charge is 2.24. The van der Waals surface area contributed by atoms with E-state index in [2.05, 4.69) is 4.90 Å². The molecular weight excluding hydrogens is 469 g/mol. The maximum atomic E-state index is 13.6. The molecule has 7 heteroatoms. The lowest BCUT2D eigenvalue weighted by atomic mass is 10.1. The Morgan fingerprint density at radius 1 is 0.892 bits per heavy atom. The molecule has 0 saturated carbocycles. The van der Waals surface area contributed by atoms with Gasteiger partial charge in [0.2, 0.25) is 5.91 Å². The van der Waals surface area contributed by atoms with Crippen LogP contribution in [0.3, 0.4) is 0 Å². The summed E-state index contributed by atoms with van der Waals surface area (Å²) in [5.41, 5.74) is 1.52. The van der Waals surface area contributed by atoms with Crippen LogP contribution in [0.2, 0.25) is 0 Å². The molecule has 0 spiro atoms. The van der Waals surface area contributed by atoms with E-state index in [0.717, 1.165) is 37.3 Å². The van der Waals surface area contributed by atoms with Crippen molar-refractivity contribution in [3.63, 3.8) is 0 Å². The van der Waals surface area contributed by atoms with Gasteiger partial charge in [-0.3, -0.25) is 9.59 Å². The fraction of sp³-hybridized carbons (Fsp3) is 0.400. The van der Waals surface area contributed by atoms with E-state index in [4.69, 9.17) is 4.42 Å². The van der Waals surface area contributed by atoms with Crippen LogP contribution in [0.15, 0.2) is 71.1 Å². The van der Waals surface area contributed by atoms with Gasteiger partial charge in [-0.25, -0.2) is 4.39 Å². The highest BCUT2D eigenvalue weighted by Crippen LogP contribution is 2.14. The van der Waals surface area contributed by atoms with Crippen LogP contribution in [0.1, 0.15) is 46.7 Å². The van der Waals surface area contributed by atoms with Gasteiger partial charge in [0.25, 0.3) is 5.91 Å². The summed E-state index contributed by atoms with van der Waals surface area (Å²) < 4.78 is 19.2. The number of halogens is 1. The van der Waals surface area contributed by atoms with Crippen molar-refractivity contribution in [3.8, 4) is 0 Å². The van der Waals surface area contributed by atoms with Crippen molar-refractivity contribution < 1.29 is 18.4 Å². The maximum Gasteiger partial charge on any atom is 0.254 e. The summed E-state index contributed by atoms with van der Waals surface area (Å²) in [6.45, 7) is 5.84. The van der Waals surface area contributed by atoms with E-state index in [1.54, 1.807) is 9.80 Å². The third kappa shape index (κ3) is 8.02. The first-order chi connectivity index (χ1) is 18.0. The molecule has 37 heavy (non-hydrogen) atoms. The summed E-state index contributed by atoms with van der Waals surface area (Å²) in [5.74, 6) is 0.707. The predicted octanol–water partition coefficient (Wildman–Crippen LogP) is 4.93. The lowest BCUT2D eigenvalue weighted by Gasteiger charge is -2.31. The quantitative estimate of drug-likeness (QED) is 0.371. The lowest BCUT2D eigenvalue weighted by molar-refractivity contribution is -0.132. The standard InChI is InChI=1S/C30H36FN3O3/c1-24-10-15-28(37-24)22-33(19-16-25-8-4-2-5-9-25)29(35)23-34(21-20-32-17-6-3-7-18-32)30(36)26-11-13-27(31)14-12-26/h2,4-5,8-15H,3,6-7,16-23H2,1H3. The first-order valence-electron chi connectivity index (χ1n) is 13.1. The third-order valence-electron chi connectivity index (χ3n) is 6.85. The number of carbonyl (C=O) groups is 2. The van der Waals surface area contributed by atoms with E-state index >= 15 is 0 Å². The third-order valence-corrected chi connectivity index (χ3v) is 6.85. The number of hydrogen-bond donors (Lipinski definition) is 0. The van der Waals surface area contributed by atoms with Crippen LogP contribution in [-0.2, 0) is 17.8 Å². The van der Waals surface area contributed by atoms with Crippen LogP contribution in [0.5, 0.6) is 0 Å². The van der Waals surface area contributed by atoms with Crippen molar-refractivity contribution in [2.45, 2.75) is 39.2 Å². The molecule has 1 fully saturated rings. The van der Waals surface area contributed by atoms with Crippen LogP contribution in [0.4, 0.5) is 4.39 Å². The van der Waals surface area contributed by atoms with Crippen molar-refractivity contribution in [2.75, 3.05) is 39.3 Å². The van der Waals surface area contributed by atoms with E-state index in [-0.39, 0.29) is 18.4 Å². The van der Waals surface area contributed by atoms with Gasteiger partial charge in [0.15, 0.2) is 0 Å². The topological polar surface area (TPSA) is 57.0 Å². The normalized spacial score (nSPS) is 13.9. The summed E-state index contributed by atoms with van der Waals surface area (Å²) in [6.07, 6.45) is 4.24. The summed E-state index contributed by atoms with van der Waals surface area (Å²) in [5, 5.41) is 0. The van der Waals surface area contributed by atoms with Crippen molar-refractivity contribution in [1.29, 1.82) is 0 Å². The number of likely N-dealkylation sites (tertiary alicyclic amines) is 1. The Hall–Kier alpha value is -3.45. The molecule has 1 aromatic heterocycles. The average molecular weight is 506 g/mol. The number of hydrogen-bond acceptors (Lipinski definition) is 4. The van der Waals surface area contributed by atoms with Crippen molar-refractivity contribution in [2.24, 2.45) is 0 Å². The zero-order chi connectivity index (χ0) is 26.0. The molecule has 6 nitrogen and oxygen atoms in total. The first-order valence-corrected chi connectivity index (χ1v) is 13.1. The number of amides is 2. The largest absolute Gasteiger partial charge is 0.464 e. The molecule has 1 saturated heterocycles. The number of aryl methyl sites for hydroxylation is 1. The van der Waals surface area contributed by atoms with Crippen LogP contribution >= 0.6 is 0 Å². The van der Waals surface area contributed by atoms with E-state index in [1.165, 1.54) is 30.7 Å². The monoisotopic (exact) mass is 505 g/mol. The van der Waals surface area contributed by atoms with Crippen LogP contribution in [0.25, 0.3) is 0 Å². The highest BCUT2D eigenvalue weighted by atomic mass is 19.1. The Morgan fingerprint density at radius 3 is 2.30 bits per heavy atom. The maximum absolute atomic E-state index is 13.6. The van der Waals surface area contributed by atoms with Crippen molar-refractivity contribution in [1.82, 2.24) is 14.7 Å². The second kappa shape index (κ2) is 13.2. The van der Waals surface area contributed by atoms with Crippen molar-refractivity contribution in [3.05, 3.63) is 95.2 Å². The Morgan fingerprint density at radius 2 is 1.62 bits per heavy atom. The van der Waals surface area contributed by atoms with Crippen LogP contribution < -0.4 is 0 Å². The fourth-order valence-corrected chi connectivity index (χ4v) is 4.69. The Bertz CT molecular complexity index is 1140. The van der Waals surface area contributed by atoms with Gasteiger partial charge < -0.3 is 19.1 Å². The molecule has 0 bridgehead atoms. The molecule has 4 rings (SSSR count). The van der Waals surface area contributed by atoms with E-state index in [1.807, 2.05) is 49.4 Å². The number of carbonyl (C=O) groups excluding carboxylic acids is 2. The molecule has 0 aliphatic carbocycles. The minimum atomic E-state index is -0.395. The molecule has 0 atom stereocenters. The molecule has 0 N–H and O–H groups in total. The van der Waals surface area contributed by atoms with Gasteiger partial charge in [-0.1, -0.05) is 36.8 Å². The molecule has 0 unspecified atom stereocenters. The molecule has 196 valence electrons. The fourth-order valence-electron chi connectivity index (χ4n) is 4.69. The van der Waals surface area contributed by atoms with Gasteiger partial charge >= 0.3 is 0 Å². The minimum Gasteiger partial charge on any atom is -0.464 e. The second-order valence-corrected chi connectivity index (χ2v) is 9.70. The van der Waals surface area contributed by atoms with Crippen LogP contribution in [0, 0.1) is 12.7 Å². The molecule has 3 aromatic rings. The highest BCUT2D eigenvalue weighted by molar-refractivity contribution is 5.96. The molecular formula is C30H36FN3O3. The Kier molecular flexibility index (Phi) is 9.49. The zero-order valence-corrected chi connectivity index (χ0v) is 21.6. The predicted molar refractivity (Wildman–Crippen MR) is 142 cm³/mol. The second-order valence-electron chi connectivity index (χ2n) is 9.70. The van der Waals surface area contributed by atoms with Crippen LogP contribution in [-0.4, -0.2) is 65.8 Å². The molecule has 2 aromatic carbocycles. The van der Waals surface area contributed by atoms with Gasteiger partial charge in [-0.15, -0.1) is 0 Å². The number of benzene rings is 2. The van der Waals surface area contributed by atoms with E-state index in [9.17, 15) is 14.0 Å². The van der Waals surface area contributed by atoms with Gasteiger partial charge in [0.05, 0.1) is 6.54 Å². The van der Waals surface area contributed by atoms with Crippen molar-refractivity contribution >= 4 is 11.8 Å². The van der Waals surface area contributed by atoms with Gasteiger partial charge in [-0.2, -0.15) is 0 Å². The summed E-state index contributed by atoms with van der Waals surface area (Å²) >= 11 is 0. The van der Waals surface area contributed by atoms with Gasteiger partial charge in [0.1, 0.15) is 23.9 Å². The zero-order valence-electron chi connectivity index (χ0n) is 21.6. The molecule has 0 radical (unpaired) electrons. The SMILES string of the molecule is Cc1ccc(CN(CCc2ccccc2)C(=O)CN(CCN2CCCCC2)C(=O)c2ccc(F)cc2)o1. The molecule has 2 heterocycles. The number of rotatable bonds is 11. The summed E-state index contributed by atoms with van der Waals surface area (Å²) in [4.78, 5) is 32.8. The number of piperidine rings is 1. The van der Waals surface area contributed by atoms with Gasteiger partial charge in [0, 0.05) is 25.2 Å². The average Bonchev–Trinajstić information content (AvgIpc) is 3.34. The van der Waals surface area contributed by atoms with Gasteiger partial charge in [-0.05, 0) is 81.2 Å². The number of furan rings is 1. The molecule has 2 amide bonds. The Labute approximate surface area is 218 Å². The number of nitrogens with zero attached hydrogens (tertiary/aromatic N) is 3. The molecule has 1 aliphatic heterocycles. The summed E-state index contributed by atoms with van der Waals surface area (Å²) in [7, 11) is 0. The minimum absolute atomic E-state index is 0.0431. The summed E-state index contributed by atoms with van der Waals surface area (Å²) in [6, 6.07) is 19.3. The molecule has 1 aliphatic rings. The smallest absolute Gasteiger partial charge is 0.254 e. The lowest BCUT2D eigenvalue weighted by Crippen LogP contribution is -2.46. The van der Waals surface area contributed by atoms with E-state index in [0.29, 0.717) is 43.9 Å². The Balaban J connectivity index is 1.49. The first kappa shape index (κ1) is 26.6. The van der Waals surface area contributed by atoms with E-state index < -0.39 is 5.82 Å².